The zero-order valence-electron chi connectivity index (χ0n) is 26.7. The highest BCUT2D eigenvalue weighted by Crippen LogP contribution is 2.43. The van der Waals surface area contributed by atoms with Gasteiger partial charge in [-0.3, -0.25) is 9.05 Å². The van der Waals surface area contributed by atoms with Crippen molar-refractivity contribution in [2.24, 2.45) is 0 Å². The van der Waals surface area contributed by atoms with E-state index in [1.54, 1.807) is 0 Å². The molecule has 1 aliphatic heterocycles. The molecule has 244 valence electrons. The fraction of sp³-hybridized carbons (Fsp3) is 0.824. The second-order valence-electron chi connectivity index (χ2n) is 11.9. The van der Waals surface area contributed by atoms with Crippen LogP contribution in [-0.2, 0) is 29.7 Å². The fourth-order valence-electron chi connectivity index (χ4n) is 5.41. The molecule has 7 nitrogen and oxygen atoms in total. The van der Waals surface area contributed by atoms with E-state index < -0.39 is 13.9 Å². The number of unbranched alkanes of at least 4 members (excludes halogenated alkanes) is 15. The van der Waals surface area contributed by atoms with E-state index in [-0.39, 0.29) is 13.2 Å². The van der Waals surface area contributed by atoms with Crippen LogP contribution in [0.4, 0.5) is 0 Å². The van der Waals surface area contributed by atoms with Gasteiger partial charge in [0.15, 0.2) is 0 Å². The SMILES string of the molecule is CCCCCCCCCCCCCCCCCCOCC(COP(=O)(O)OCCN1CCCC1)OCc1ccccc1. The molecular formula is C34H62NO6P. The Bertz CT molecular complexity index is 777. The second-order valence-corrected chi connectivity index (χ2v) is 13.4. The van der Waals surface area contributed by atoms with Crippen molar-refractivity contribution in [2.45, 2.75) is 135 Å². The van der Waals surface area contributed by atoms with E-state index in [4.69, 9.17) is 18.5 Å². The molecule has 0 bridgehead atoms. The number of phosphoric ester groups is 1. The van der Waals surface area contributed by atoms with E-state index in [9.17, 15) is 9.46 Å². The Morgan fingerprint density at radius 2 is 1.29 bits per heavy atom. The Labute approximate surface area is 257 Å². The van der Waals surface area contributed by atoms with Gasteiger partial charge in [-0.2, -0.15) is 0 Å². The third-order valence-electron chi connectivity index (χ3n) is 8.06. The Morgan fingerprint density at radius 1 is 0.738 bits per heavy atom. The van der Waals surface area contributed by atoms with E-state index in [0.29, 0.717) is 26.4 Å². The lowest BCUT2D eigenvalue weighted by atomic mass is 10.0. The second kappa shape index (κ2) is 25.5. The van der Waals surface area contributed by atoms with Gasteiger partial charge in [0.25, 0.3) is 0 Å². The van der Waals surface area contributed by atoms with Gasteiger partial charge in [0.1, 0.15) is 6.10 Å². The van der Waals surface area contributed by atoms with Crippen LogP contribution in [0.5, 0.6) is 0 Å². The summed E-state index contributed by atoms with van der Waals surface area (Å²) in [5, 5.41) is 0. The van der Waals surface area contributed by atoms with E-state index >= 15 is 0 Å². The number of phosphoric acid groups is 1. The first-order valence-electron chi connectivity index (χ1n) is 17.2. The van der Waals surface area contributed by atoms with Gasteiger partial charge < -0.3 is 19.3 Å². The van der Waals surface area contributed by atoms with Crippen molar-refractivity contribution in [3.05, 3.63) is 35.9 Å². The van der Waals surface area contributed by atoms with Crippen LogP contribution in [0.3, 0.4) is 0 Å². The first-order chi connectivity index (χ1) is 20.6. The average Bonchev–Trinajstić information content (AvgIpc) is 3.51. The predicted octanol–water partition coefficient (Wildman–Crippen LogP) is 9.08. The summed E-state index contributed by atoms with van der Waals surface area (Å²) in [7, 11) is -4.14. The summed E-state index contributed by atoms with van der Waals surface area (Å²) < 4.78 is 34.8. The normalized spacial score (nSPS) is 16.1. The Hall–Kier alpha value is -0.790. The van der Waals surface area contributed by atoms with E-state index in [1.807, 2.05) is 30.3 Å². The molecule has 1 fully saturated rings. The maximum absolute atomic E-state index is 12.4. The number of benzene rings is 1. The number of rotatable bonds is 29. The molecule has 1 N–H and O–H groups in total. The van der Waals surface area contributed by atoms with Gasteiger partial charge in [0, 0.05) is 13.2 Å². The summed E-state index contributed by atoms with van der Waals surface area (Å²) in [5.74, 6) is 0. The molecule has 8 heteroatoms. The topological polar surface area (TPSA) is 77.5 Å². The molecule has 2 unspecified atom stereocenters. The maximum atomic E-state index is 12.4. The summed E-state index contributed by atoms with van der Waals surface area (Å²) in [6.07, 6.45) is 23.4. The number of hydrogen-bond donors (Lipinski definition) is 1. The van der Waals surface area contributed by atoms with Crippen molar-refractivity contribution in [3.63, 3.8) is 0 Å². The molecule has 1 heterocycles. The van der Waals surface area contributed by atoms with E-state index in [2.05, 4.69) is 11.8 Å². The molecule has 1 aromatic rings. The van der Waals surface area contributed by atoms with Crippen molar-refractivity contribution in [3.8, 4) is 0 Å². The quantitative estimate of drug-likeness (QED) is 0.0715. The molecule has 0 aromatic heterocycles. The third kappa shape index (κ3) is 21.0. The highest BCUT2D eigenvalue weighted by Gasteiger charge is 2.24. The summed E-state index contributed by atoms with van der Waals surface area (Å²) in [4.78, 5) is 12.4. The molecule has 2 rings (SSSR count). The monoisotopic (exact) mass is 611 g/mol. The van der Waals surface area contributed by atoms with E-state index in [0.717, 1.165) is 25.1 Å². The average molecular weight is 612 g/mol. The lowest BCUT2D eigenvalue weighted by Crippen LogP contribution is -2.26. The smallest absolute Gasteiger partial charge is 0.379 e. The highest BCUT2D eigenvalue weighted by molar-refractivity contribution is 7.47. The summed E-state index contributed by atoms with van der Waals surface area (Å²) in [5.41, 5.74) is 1.04. The number of ether oxygens (including phenoxy) is 2. The van der Waals surface area contributed by atoms with Crippen LogP contribution in [0.2, 0.25) is 0 Å². The predicted molar refractivity (Wildman–Crippen MR) is 173 cm³/mol. The van der Waals surface area contributed by atoms with Gasteiger partial charge in [-0.15, -0.1) is 0 Å². The standard InChI is InChI=1S/C34H62NO6P/c1-2-3-4-5-6-7-8-9-10-11-12-13-14-15-16-22-28-38-31-34(39-30-33-23-18-17-19-24-33)32-41-42(36,37)40-29-27-35-25-20-21-26-35/h17-19,23-24,34H,2-16,20-22,25-32H2,1H3,(H,36,37). The summed E-state index contributed by atoms with van der Waals surface area (Å²) in [6, 6.07) is 9.89. The molecule has 0 radical (unpaired) electrons. The fourth-order valence-corrected chi connectivity index (χ4v) is 6.15. The van der Waals surface area contributed by atoms with Crippen LogP contribution in [0.25, 0.3) is 0 Å². The zero-order chi connectivity index (χ0) is 30.0. The number of nitrogens with zero attached hydrogens (tertiary/aromatic N) is 1. The molecule has 0 amide bonds. The molecule has 1 aliphatic rings. The molecule has 1 aromatic carbocycles. The van der Waals surface area contributed by atoms with Crippen molar-refractivity contribution in [2.75, 3.05) is 46.1 Å². The van der Waals surface area contributed by atoms with Crippen LogP contribution in [0, 0.1) is 0 Å². The molecule has 0 saturated carbocycles. The molecular weight excluding hydrogens is 549 g/mol. The molecule has 0 spiro atoms. The van der Waals surface area contributed by atoms with Crippen molar-refractivity contribution >= 4 is 7.82 Å². The highest BCUT2D eigenvalue weighted by atomic mass is 31.2. The Kier molecular flexibility index (Phi) is 22.7. The lowest BCUT2D eigenvalue weighted by Gasteiger charge is -2.21. The number of likely N-dealkylation sites (tertiary alicyclic amines) is 1. The minimum absolute atomic E-state index is 0.0523. The zero-order valence-corrected chi connectivity index (χ0v) is 27.6. The minimum Gasteiger partial charge on any atom is -0.379 e. The number of hydrogen-bond acceptors (Lipinski definition) is 6. The summed E-state index contributed by atoms with van der Waals surface area (Å²) >= 11 is 0. The largest absolute Gasteiger partial charge is 0.472 e. The minimum atomic E-state index is -4.14. The van der Waals surface area contributed by atoms with Crippen molar-refractivity contribution < 1.29 is 28.0 Å². The van der Waals surface area contributed by atoms with Crippen LogP contribution >= 0.6 is 7.82 Å². The maximum Gasteiger partial charge on any atom is 0.472 e. The first kappa shape index (κ1) is 37.4. The van der Waals surface area contributed by atoms with Crippen LogP contribution in [-0.4, -0.2) is 62.0 Å². The molecule has 1 saturated heterocycles. The van der Waals surface area contributed by atoms with Crippen LogP contribution in [0.1, 0.15) is 128 Å². The Morgan fingerprint density at radius 3 is 1.86 bits per heavy atom. The van der Waals surface area contributed by atoms with Crippen LogP contribution < -0.4 is 0 Å². The summed E-state index contributed by atoms with van der Waals surface area (Å²) in [6.45, 7) is 6.46. The lowest BCUT2D eigenvalue weighted by molar-refractivity contribution is -0.0507. The van der Waals surface area contributed by atoms with Gasteiger partial charge in [-0.05, 0) is 37.9 Å². The van der Waals surface area contributed by atoms with Crippen molar-refractivity contribution in [1.29, 1.82) is 0 Å². The third-order valence-corrected chi connectivity index (χ3v) is 9.04. The van der Waals surface area contributed by atoms with Gasteiger partial charge in [-0.25, -0.2) is 4.57 Å². The first-order valence-corrected chi connectivity index (χ1v) is 18.7. The van der Waals surface area contributed by atoms with Gasteiger partial charge >= 0.3 is 7.82 Å². The van der Waals surface area contributed by atoms with Gasteiger partial charge in [0.2, 0.25) is 0 Å². The Balaban J connectivity index is 1.49. The van der Waals surface area contributed by atoms with Gasteiger partial charge in [-0.1, -0.05) is 134 Å². The van der Waals surface area contributed by atoms with Crippen molar-refractivity contribution in [1.82, 2.24) is 4.90 Å². The van der Waals surface area contributed by atoms with Gasteiger partial charge in [0.05, 0.1) is 26.4 Å². The van der Waals surface area contributed by atoms with E-state index in [1.165, 1.54) is 109 Å². The van der Waals surface area contributed by atoms with Crippen LogP contribution in [0.15, 0.2) is 30.3 Å². The molecule has 2 atom stereocenters. The molecule has 0 aliphatic carbocycles. The molecule has 42 heavy (non-hydrogen) atoms.